The van der Waals surface area contributed by atoms with Crippen LogP contribution in [0.4, 0.5) is 0 Å². The first-order valence-corrected chi connectivity index (χ1v) is 3.82. The molecule has 0 aromatic carbocycles. The summed E-state index contributed by atoms with van der Waals surface area (Å²) >= 11 is 0. The Morgan fingerprint density at radius 2 is 1.91 bits per heavy atom. The van der Waals surface area contributed by atoms with Crippen LogP contribution in [0.1, 0.15) is 20.3 Å². The SMILES string of the molecule is CC1C(=O)CC(=O)N(C)C1C. The Morgan fingerprint density at radius 1 is 1.36 bits per heavy atom. The molecule has 62 valence electrons. The van der Waals surface area contributed by atoms with Gasteiger partial charge in [-0.1, -0.05) is 6.92 Å². The van der Waals surface area contributed by atoms with Gasteiger partial charge in [0.25, 0.3) is 0 Å². The second kappa shape index (κ2) is 2.64. The highest BCUT2D eigenvalue weighted by Crippen LogP contribution is 2.18. The average Bonchev–Trinajstić information content (AvgIpc) is 1.97. The first kappa shape index (κ1) is 8.24. The van der Waals surface area contributed by atoms with Crippen molar-refractivity contribution in [3.63, 3.8) is 0 Å². The number of carbonyl (C=O) groups is 2. The van der Waals surface area contributed by atoms with Crippen molar-refractivity contribution in [3.8, 4) is 0 Å². The number of Topliss-reactive ketones (excluding diaryl/α,β-unsaturated/α-hetero) is 1. The highest BCUT2D eigenvalue weighted by Gasteiger charge is 2.33. The number of hydrogen-bond acceptors (Lipinski definition) is 2. The molecule has 1 amide bonds. The summed E-state index contributed by atoms with van der Waals surface area (Å²) in [5, 5.41) is 0. The van der Waals surface area contributed by atoms with E-state index in [1.807, 2.05) is 13.8 Å². The lowest BCUT2D eigenvalue weighted by Crippen LogP contribution is -2.47. The maximum atomic E-state index is 11.1. The van der Waals surface area contributed by atoms with Gasteiger partial charge < -0.3 is 4.90 Å². The molecule has 1 heterocycles. The number of likely N-dealkylation sites (tertiary alicyclic amines) is 1. The largest absolute Gasteiger partial charge is 0.342 e. The summed E-state index contributed by atoms with van der Waals surface area (Å²) in [5.41, 5.74) is 0. The smallest absolute Gasteiger partial charge is 0.230 e. The molecule has 0 spiro atoms. The first-order valence-electron chi connectivity index (χ1n) is 3.82. The van der Waals surface area contributed by atoms with Gasteiger partial charge in [-0.05, 0) is 6.92 Å². The van der Waals surface area contributed by atoms with Crippen molar-refractivity contribution in [1.82, 2.24) is 4.90 Å². The van der Waals surface area contributed by atoms with Crippen LogP contribution in [0.2, 0.25) is 0 Å². The van der Waals surface area contributed by atoms with E-state index in [9.17, 15) is 9.59 Å². The van der Waals surface area contributed by atoms with Gasteiger partial charge in [0.05, 0.1) is 6.42 Å². The van der Waals surface area contributed by atoms with Crippen LogP contribution in [0, 0.1) is 5.92 Å². The molecule has 0 radical (unpaired) electrons. The molecule has 0 aliphatic carbocycles. The number of rotatable bonds is 0. The molecule has 1 aliphatic rings. The minimum absolute atomic E-state index is 0.00213. The zero-order valence-electron chi connectivity index (χ0n) is 7.13. The number of amides is 1. The third kappa shape index (κ3) is 1.27. The summed E-state index contributed by atoms with van der Waals surface area (Å²) in [6.45, 7) is 3.77. The van der Waals surface area contributed by atoms with Crippen LogP contribution in [0.5, 0.6) is 0 Å². The predicted octanol–water partition coefficient (Wildman–Crippen LogP) is 0.442. The minimum Gasteiger partial charge on any atom is -0.342 e. The van der Waals surface area contributed by atoms with E-state index in [4.69, 9.17) is 0 Å². The fourth-order valence-corrected chi connectivity index (χ4v) is 1.27. The van der Waals surface area contributed by atoms with Crippen molar-refractivity contribution in [2.45, 2.75) is 26.3 Å². The molecule has 0 N–H and O–H groups in total. The topological polar surface area (TPSA) is 37.4 Å². The zero-order valence-corrected chi connectivity index (χ0v) is 7.13. The van der Waals surface area contributed by atoms with Gasteiger partial charge in [-0.2, -0.15) is 0 Å². The van der Waals surface area contributed by atoms with Gasteiger partial charge in [0, 0.05) is 19.0 Å². The second-order valence-electron chi connectivity index (χ2n) is 3.18. The number of hydrogen-bond donors (Lipinski definition) is 0. The fourth-order valence-electron chi connectivity index (χ4n) is 1.27. The van der Waals surface area contributed by atoms with Crippen molar-refractivity contribution in [1.29, 1.82) is 0 Å². The Bertz CT molecular complexity index is 180. The summed E-state index contributed by atoms with van der Waals surface area (Å²) < 4.78 is 0. The quantitative estimate of drug-likeness (QED) is 0.476. The van der Waals surface area contributed by atoms with E-state index in [0.717, 1.165) is 0 Å². The number of nitrogens with zero attached hydrogens (tertiary/aromatic N) is 1. The van der Waals surface area contributed by atoms with Gasteiger partial charge >= 0.3 is 0 Å². The van der Waals surface area contributed by atoms with E-state index in [1.165, 1.54) is 0 Å². The van der Waals surface area contributed by atoms with E-state index in [2.05, 4.69) is 0 Å². The summed E-state index contributed by atoms with van der Waals surface area (Å²) in [4.78, 5) is 23.8. The molecule has 2 atom stereocenters. The number of carbonyl (C=O) groups excluding carboxylic acids is 2. The summed E-state index contributed by atoms with van der Waals surface area (Å²) in [7, 11) is 1.75. The number of ketones is 1. The minimum atomic E-state index is -0.0550. The van der Waals surface area contributed by atoms with Crippen molar-refractivity contribution in [2.24, 2.45) is 5.92 Å². The molecule has 2 unspecified atom stereocenters. The van der Waals surface area contributed by atoms with Crippen LogP contribution in [-0.4, -0.2) is 29.7 Å². The van der Waals surface area contributed by atoms with Crippen molar-refractivity contribution in [3.05, 3.63) is 0 Å². The van der Waals surface area contributed by atoms with Gasteiger partial charge in [-0.3, -0.25) is 9.59 Å². The van der Waals surface area contributed by atoms with Crippen LogP contribution in [0.25, 0.3) is 0 Å². The normalized spacial score (nSPS) is 32.8. The highest BCUT2D eigenvalue weighted by molar-refractivity contribution is 6.01. The Kier molecular flexibility index (Phi) is 1.98. The van der Waals surface area contributed by atoms with Gasteiger partial charge in [-0.25, -0.2) is 0 Å². The molecule has 0 aromatic heterocycles. The van der Waals surface area contributed by atoms with Gasteiger partial charge in [0.15, 0.2) is 0 Å². The lowest BCUT2D eigenvalue weighted by Gasteiger charge is -2.33. The zero-order chi connectivity index (χ0) is 8.59. The first-order chi connectivity index (χ1) is 5.04. The Balaban J connectivity index is 2.78. The lowest BCUT2D eigenvalue weighted by atomic mass is 9.91. The highest BCUT2D eigenvalue weighted by atomic mass is 16.2. The molecule has 3 heteroatoms. The summed E-state index contributed by atoms with van der Waals surface area (Å²) in [6, 6.07) is 0.0590. The lowest BCUT2D eigenvalue weighted by molar-refractivity contribution is -0.144. The van der Waals surface area contributed by atoms with Crippen molar-refractivity contribution >= 4 is 11.7 Å². The van der Waals surface area contributed by atoms with E-state index in [0.29, 0.717) is 0 Å². The monoisotopic (exact) mass is 155 g/mol. The standard InChI is InChI=1S/C8H13NO2/c1-5-6(2)9(3)8(11)4-7(5)10/h5-6H,4H2,1-3H3. The Morgan fingerprint density at radius 3 is 2.45 bits per heavy atom. The van der Waals surface area contributed by atoms with Crippen LogP contribution in [0.15, 0.2) is 0 Å². The summed E-state index contributed by atoms with van der Waals surface area (Å²) in [5.74, 6) is 0.0129. The molecule has 11 heavy (non-hydrogen) atoms. The third-order valence-electron chi connectivity index (χ3n) is 2.56. The maximum absolute atomic E-state index is 11.1. The van der Waals surface area contributed by atoms with Crippen LogP contribution >= 0.6 is 0 Å². The van der Waals surface area contributed by atoms with Crippen LogP contribution in [-0.2, 0) is 9.59 Å². The molecule has 1 fully saturated rings. The average molecular weight is 155 g/mol. The molecule has 1 saturated heterocycles. The predicted molar refractivity (Wildman–Crippen MR) is 41.0 cm³/mol. The van der Waals surface area contributed by atoms with E-state index in [-0.39, 0.29) is 30.1 Å². The maximum Gasteiger partial charge on any atom is 0.230 e. The van der Waals surface area contributed by atoms with E-state index in [1.54, 1.807) is 11.9 Å². The van der Waals surface area contributed by atoms with Crippen LogP contribution in [0.3, 0.4) is 0 Å². The molecule has 1 rings (SSSR count). The van der Waals surface area contributed by atoms with Gasteiger partial charge in [-0.15, -0.1) is 0 Å². The molecule has 1 aliphatic heterocycles. The van der Waals surface area contributed by atoms with Crippen LogP contribution < -0.4 is 0 Å². The van der Waals surface area contributed by atoms with Gasteiger partial charge in [0.2, 0.25) is 5.91 Å². The Hall–Kier alpha value is -0.860. The molecule has 0 aromatic rings. The van der Waals surface area contributed by atoms with E-state index < -0.39 is 0 Å². The number of piperidine rings is 1. The summed E-state index contributed by atoms with van der Waals surface area (Å²) in [6.07, 6.45) is 0.0853. The Labute approximate surface area is 66.4 Å². The molecular formula is C8H13NO2. The fraction of sp³-hybridized carbons (Fsp3) is 0.750. The third-order valence-corrected chi connectivity index (χ3v) is 2.56. The van der Waals surface area contributed by atoms with Crippen molar-refractivity contribution in [2.75, 3.05) is 7.05 Å². The molecule has 3 nitrogen and oxygen atoms in total. The molecule has 0 saturated carbocycles. The van der Waals surface area contributed by atoms with E-state index >= 15 is 0 Å². The molecular weight excluding hydrogens is 142 g/mol. The second-order valence-corrected chi connectivity index (χ2v) is 3.18. The molecule has 0 bridgehead atoms. The van der Waals surface area contributed by atoms with Gasteiger partial charge in [0.1, 0.15) is 5.78 Å². The van der Waals surface area contributed by atoms with Crippen molar-refractivity contribution < 1.29 is 9.59 Å².